The maximum absolute atomic E-state index is 15.9. The number of phosphoric ester groups is 1. The van der Waals surface area contributed by atoms with Crippen LogP contribution in [0.3, 0.4) is 0 Å². The van der Waals surface area contributed by atoms with E-state index in [0.717, 1.165) is 6.33 Å². The molecule has 3 aliphatic rings. The molecule has 2 aliphatic carbocycles. The van der Waals surface area contributed by atoms with E-state index in [9.17, 15) is 34.4 Å². The molecular formula is C37H41FN11O10P. The molecule has 5 N–H and O–H groups in total. The van der Waals surface area contributed by atoms with E-state index in [4.69, 9.17) is 18.3 Å². The number of carbonyl (C=O) groups is 2. The lowest BCUT2D eigenvalue weighted by atomic mass is 9.92. The lowest BCUT2D eigenvalue weighted by Gasteiger charge is -2.32. The van der Waals surface area contributed by atoms with E-state index in [1.165, 1.54) is 17.2 Å². The van der Waals surface area contributed by atoms with Crippen molar-refractivity contribution >= 4 is 53.7 Å². The van der Waals surface area contributed by atoms with Crippen LogP contribution >= 0.6 is 7.82 Å². The van der Waals surface area contributed by atoms with Gasteiger partial charge in [0, 0.05) is 18.1 Å². The van der Waals surface area contributed by atoms with Crippen LogP contribution in [-0.4, -0.2) is 105 Å². The minimum absolute atomic E-state index is 0.0332. The lowest BCUT2D eigenvalue weighted by Crippen LogP contribution is -2.37. The van der Waals surface area contributed by atoms with Gasteiger partial charge in [-0.15, -0.1) is 0 Å². The number of fused-ring (bicyclic) bond motifs is 3. The number of hydrogen-bond donors (Lipinski definition) is 5. The van der Waals surface area contributed by atoms with Gasteiger partial charge in [0.05, 0.1) is 50.0 Å². The number of ether oxygens (including phenoxy) is 1. The molecule has 5 heterocycles. The van der Waals surface area contributed by atoms with Crippen molar-refractivity contribution < 1.29 is 47.1 Å². The SMILES string of the molecule is CC(C)C(=O)Nc1nc2c(ncn2C23C[C@H]2[C@H](CO)[C@@H](C)[C@H]3OP(=O)(OCCC#N)OC[C@H]2O[C@@H](n3cnc4c(NC(=O)c5ccccc5)ncnc43)[C@H](F)[C@@H]2O)c(=O)[nH]1. The van der Waals surface area contributed by atoms with E-state index >= 15 is 4.39 Å². The Hall–Kier alpha value is -5.53. The molecule has 2 amide bonds. The van der Waals surface area contributed by atoms with Crippen molar-refractivity contribution in [2.24, 2.45) is 23.7 Å². The molecular weight excluding hydrogens is 808 g/mol. The summed E-state index contributed by atoms with van der Waals surface area (Å²) < 4.78 is 56.9. The summed E-state index contributed by atoms with van der Waals surface area (Å²) in [5, 5.41) is 36.0. The normalized spacial score (nSPS) is 28.1. The van der Waals surface area contributed by atoms with Crippen LogP contribution in [0.1, 0.15) is 50.2 Å². The highest BCUT2D eigenvalue weighted by Crippen LogP contribution is 2.70. The van der Waals surface area contributed by atoms with Gasteiger partial charge in [0.15, 0.2) is 40.5 Å². The number of H-pyrrole nitrogens is 1. The second-order valence-corrected chi connectivity index (χ2v) is 16.9. The first-order chi connectivity index (χ1) is 28.8. The number of aromatic amines is 1. The number of benzene rings is 1. The molecule has 1 aromatic carbocycles. The largest absolute Gasteiger partial charge is 0.475 e. The van der Waals surface area contributed by atoms with Gasteiger partial charge < -0.3 is 24.8 Å². The molecule has 21 nitrogen and oxygen atoms in total. The average Bonchev–Trinajstić information content (AvgIpc) is 3.49. The van der Waals surface area contributed by atoms with Gasteiger partial charge >= 0.3 is 7.82 Å². The third-order valence-electron chi connectivity index (χ3n) is 11.3. The van der Waals surface area contributed by atoms with Crippen LogP contribution in [0.5, 0.6) is 0 Å². The molecule has 23 heteroatoms. The number of imidazole rings is 2. The number of aromatic nitrogens is 8. The number of aliphatic hydroxyl groups excluding tert-OH is 2. The molecule has 60 heavy (non-hydrogen) atoms. The fraction of sp³-hybridized carbons (Fsp3) is 0.486. The van der Waals surface area contributed by atoms with E-state index in [2.05, 4.69) is 40.5 Å². The summed E-state index contributed by atoms with van der Waals surface area (Å²) in [6, 6.07) is 10.3. The number of hydrogen-bond acceptors (Lipinski definition) is 16. The van der Waals surface area contributed by atoms with Gasteiger partial charge in [-0.3, -0.25) is 42.8 Å². The highest BCUT2D eigenvalue weighted by Gasteiger charge is 2.73. The molecule has 5 aromatic rings. The summed E-state index contributed by atoms with van der Waals surface area (Å²) in [5.41, 5.74) is -1.05. The van der Waals surface area contributed by atoms with Crippen LogP contribution in [0.2, 0.25) is 0 Å². The van der Waals surface area contributed by atoms with Crippen LogP contribution in [0.4, 0.5) is 16.2 Å². The van der Waals surface area contributed by atoms with Gasteiger partial charge in [-0.25, -0.2) is 28.9 Å². The van der Waals surface area contributed by atoms with Crippen molar-refractivity contribution in [1.82, 2.24) is 39.0 Å². The zero-order valence-corrected chi connectivity index (χ0v) is 33.3. The third kappa shape index (κ3) is 7.25. The number of amides is 2. The molecule has 1 saturated heterocycles. The Kier molecular flexibility index (Phi) is 11.1. The Morgan fingerprint density at radius 2 is 1.90 bits per heavy atom. The molecule has 3 fully saturated rings. The highest BCUT2D eigenvalue weighted by molar-refractivity contribution is 7.48. The summed E-state index contributed by atoms with van der Waals surface area (Å²) in [6.07, 6.45) is -3.88. The number of nitrogens with zero attached hydrogens (tertiary/aromatic N) is 8. The van der Waals surface area contributed by atoms with Gasteiger partial charge in [-0.2, -0.15) is 10.2 Å². The van der Waals surface area contributed by atoms with Crippen molar-refractivity contribution in [3.05, 3.63) is 65.2 Å². The molecule has 0 spiro atoms. The number of alkyl halides is 1. The summed E-state index contributed by atoms with van der Waals surface area (Å²) >= 11 is 0. The molecule has 0 radical (unpaired) electrons. The number of anilines is 2. The zero-order chi connectivity index (χ0) is 42.5. The van der Waals surface area contributed by atoms with Crippen LogP contribution in [0.15, 0.2) is 54.1 Å². The Balaban J connectivity index is 1.04. The van der Waals surface area contributed by atoms with Gasteiger partial charge in [0.2, 0.25) is 11.9 Å². The smallest absolute Gasteiger partial charge is 0.396 e. The first kappa shape index (κ1) is 41.2. The van der Waals surface area contributed by atoms with Crippen molar-refractivity contribution in [2.75, 3.05) is 30.5 Å². The number of rotatable bonds is 15. The Morgan fingerprint density at radius 1 is 1.13 bits per heavy atom. The summed E-state index contributed by atoms with van der Waals surface area (Å²) in [4.78, 5) is 62.3. The topological polar surface area (TPSA) is 284 Å². The standard InChI is InChI=1S/C37H41FN11O10P/c1-18(2)32(52)46-36-45-31-26(34(54)47-36)43-17-49(31)37-12-22(37)21(13-50)19(3)28(37)59-60(55,56-11-7-10-39)57-14-23-27(51)24(38)35(58-23)48-16-42-25-29(40-15-41-30(25)48)44-33(53)20-8-5-4-6-9-20/h4-6,8-9,15-19,21-24,27-28,35,50-51H,7,11-14H2,1-3H3,(H,40,41,44,53)(H2,45,46,47,52,54)/t19-,21-,22+,23-,24-,27-,28-,35-,37?,60?/m1/s1. The quantitative estimate of drug-likeness (QED) is 0.0748. The number of phosphoric acid groups is 1. The van der Waals surface area contributed by atoms with Gasteiger partial charge in [-0.05, 0) is 36.3 Å². The number of nitrogens with one attached hydrogen (secondary N) is 3. The predicted molar refractivity (Wildman–Crippen MR) is 207 cm³/mol. The number of halogens is 1. The first-order valence-electron chi connectivity index (χ1n) is 19.2. The van der Waals surface area contributed by atoms with E-state index in [1.807, 2.05) is 6.07 Å². The maximum atomic E-state index is 15.9. The molecule has 0 bridgehead atoms. The fourth-order valence-electron chi connectivity index (χ4n) is 8.19. The van der Waals surface area contributed by atoms with Crippen LogP contribution in [0, 0.1) is 35.0 Å². The molecule has 316 valence electrons. The Morgan fingerprint density at radius 3 is 2.63 bits per heavy atom. The molecule has 2 unspecified atom stereocenters. The minimum atomic E-state index is -4.71. The van der Waals surface area contributed by atoms with E-state index in [0.29, 0.717) is 12.0 Å². The predicted octanol–water partition coefficient (Wildman–Crippen LogP) is 2.82. The highest BCUT2D eigenvalue weighted by atomic mass is 31.2. The second kappa shape index (κ2) is 16.2. The van der Waals surface area contributed by atoms with Crippen molar-refractivity contribution in [2.45, 2.75) is 69.9 Å². The van der Waals surface area contributed by atoms with E-state index in [1.54, 1.807) is 55.7 Å². The van der Waals surface area contributed by atoms with Gasteiger partial charge in [0.1, 0.15) is 18.5 Å². The zero-order valence-electron chi connectivity index (χ0n) is 32.4. The summed E-state index contributed by atoms with van der Waals surface area (Å²) in [7, 11) is -4.71. The second-order valence-electron chi connectivity index (χ2n) is 15.2. The van der Waals surface area contributed by atoms with Crippen molar-refractivity contribution in [1.29, 1.82) is 5.26 Å². The van der Waals surface area contributed by atoms with Crippen molar-refractivity contribution in [3.63, 3.8) is 0 Å². The lowest BCUT2D eigenvalue weighted by molar-refractivity contribution is -0.118. The monoisotopic (exact) mass is 849 g/mol. The Bertz CT molecular complexity index is 2580. The van der Waals surface area contributed by atoms with Crippen molar-refractivity contribution in [3.8, 4) is 6.07 Å². The molecule has 8 rings (SSSR count). The molecule has 1 aliphatic heterocycles. The minimum Gasteiger partial charge on any atom is -0.396 e. The first-order valence-corrected chi connectivity index (χ1v) is 20.6. The number of aliphatic hydroxyl groups is 2. The van der Waals surface area contributed by atoms with E-state index in [-0.39, 0.29) is 71.5 Å². The summed E-state index contributed by atoms with van der Waals surface area (Å²) in [5.74, 6) is -2.45. The fourth-order valence-corrected chi connectivity index (χ4v) is 9.68. The van der Waals surface area contributed by atoms with Crippen LogP contribution in [-0.2, 0) is 33.2 Å². The van der Waals surface area contributed by atoms with Crippen LogP contribution < -0.4 is 16.2 Å². The van der Waals surface area contributed by atoms with Crippen LogP contribution in [0.25, 0.3) is 22.3 Å². The maximum Gasteiger partial charge on any atom is 0.475 e. The number of carbonyl (C=O) groups excluding carboxylic acids is 2. The third-order valence-corrected chi connectivity index (χ3v) is 12.8. The molecule has 10 atom stereocenters. The van der Waals surface area contributed by atoms with Gasteiger partial charge in [0.25, 0.3) is 11.5 Å². The summed E-state index contributed by atoms with van der Waals surface area (Å²) in [6.45, 7) is 3.79. The van der Waals surface area contributed by atoms with E-state index < -0.39 is 74.0 Å². The Labute approximate surface area is 339 Å². The number of nitriles is 1. The molecule has 2 saturated carbocycles. The van der Waals surface area contributed by atoms with Gasteiger partial charge in [-0.1, -0.05) is 39.0 Å². The average molecular weight is 850 g/mol. The molecule has 4 aromatic heterocycles.